The van der Waals surface area contributed by atoms with E-state index in [0.29, 0.717) is 43.4 Å². The van der Waals surface area contributed by atoms with Gasteiger partial charge < -0.3 is 14.6 Å². The average Bonchev–Trinajstić information content (AvgIpc) is 3.28. The third-order valence-electron chi connectivity index (χ3n) is 5.74. The van der Waals surface area contributed by atoms with E-state index in [1.54, 1.807) is 11.1 Å². The van der Waals surface area contributed by atoms with Crippen molar-refractivity contribution in [3.8, 4) is 11.5 Å². The summed E-state index contributed by atoms with van der Waals surface area (Å²) in [6, 6.07) is 5.45. The first kappa shape index (κ1) is 22.8. The molecule has 0 saturated carbocycles. The molecule has 2 aliphatic rings. The Morgan fingerprint density at radius 2 is 1.80 bits per heavy atom. The molecule has 30 heavy (non-hydrogen) atoms. The van der Waals surface area contributed by atoms with Gasteiger partial charge in [0.2, 0.25) is 5.91 Å². The maximum Gasteiger partial charge on any atom is 0.234 e. The second kappa shape index (κ2) is 12.1. The van der Waals surface area contributed by atoms with Crippen LogP contribution in [0.1, 0.15) is 76.5 Å². The number of carbonyl (C=O) groups excluding carboxylic acids is 1. The van der Waals surface area contributed by atoms with Gasteiger partial charge in [-0.1, -0.05) is 45.1 Å². The minimum Gasteiger partial charge on any atom is -0.486 e. The zero-order valence-corrected chi connectivity index (χ0v) is 18.3. The van der Waals surface area contributed by atoms with Gasteiger partial charge in [-0.05, 0) is 44.5 Å². The van der Waals surface area contributed by atoms with Gasteiger partial charge in [0.15, 0.2) is 17.7 Å². The molecular weight excluding hydrogens is 382 g/mol. The summed E-state index contributed by atoms with van der Waals surface area (Å²) in [5, 5.41) is 12.7. The molecule has 1 aromatic carbocycles. The quantitative estimate of drug-likeness (QED) is 0.306. The number of nitrogens with one attached hydrogen (secondary N) is 1. The summed E-state index contributed by atoms with van der Waals surface area (Å²) in [4.78, 5) is 14.8. The Hall–Kier alpha value is -1.83. The predicted octanol–water partition coefficient (Wildman–Crippen LogP) is 3.59. The Balaban J connectivity index is 1.57. The van der Waals surface area contributed by atoms with Crippen molar-refractivity contribution in [2.75, 3.05) is 33.0 Å². The van der Waals surface area contributed by atoms with Gasteiger partial charge in [0.1, 0.15) is 13.2 Å². The minimum absolute atomic E-state index is 0.0405. The molecule has 0 aromatic heterocycles. The largest absolute Gasteiger partial charge is 0.486 e. The summed E-state index contributed by atoms with van der Waals surface area (Å²) in [7, 11) is 0. The number of hydrazine groups is 1. The van der Waals surface area contributed by atoms with Crippen molar-refractivity contribution >= 4 is 5.91 Å². The standard InChI is InChI=1S/C23H37N3O4/c1-2-3-4-5-6-7-10-22(27)24-26(18-25-13-8-9-14-25)23(28)19-11-12-20-21(17-19)30-16-15-29-20/h11-12,17,23,28H,2-10,13-16,18H2,1H3,(H,24,27)/t23-/m1/s1. The highest BCUT2D eigenvalue weighted by atomic mass is 16.6. The zero-order valence-electron chi connectivity index (χ0n) is 18.3. The molecule has 7 nitrogen and oxygen atoms in total. The van der Waals surface area contributed by atoms with E-state index in [-0.39, 0.29) is 5.91 Å². The van der Waals surface area contributed by atoms with Crippen LogP contribution in [0.25, 0.3) is 0 Å². The van der Waals surface area contributed by atoms with E-state index in [2.05, 4.69) is 17.2 Å². The third-order valence-corrected chi connectivity index (χ3v) is 5.74. The van der Waals surface area contributed by atoms with Crippen molar-refractivity contribution in [3.05, 3.63) is 23.8 Å². The Morgan fingerprint density at radius 3 is 2.57 bits per heavy atom. The average molecular weight is 420 g/mol. The van der Waals surface area contributed by atoms with Gasteiger partial charge in [-0.15, -0.1) is 0 Å². The predicted molar refractivity (Wildman–Crippen MR) is 116 cm³/mol. The Labute approximate surface area is 180 Å². The first-order chi connectivity index (χ1) is 14.7. The highest BCUT2D eigenvalue weighted by Gasteiger charge is 2.25. The number of fused-ring (bicyclic) bond motifs is 1. The Bertz CT molecular complexity index is 664. The summed E-state index contributed by atoms with van der Waals surface area (Å²) in [6.07, 6.45) is 8.70. The maximum absolute atomic E-state index is 12.6. The third kappa shape index (κ3) is 6.86. The molecule has 0 radical (unpaired) electrons. The lowest BCUT2D eigenvalue weighted by atomic mass is 10.1. The molecule has 1 fully saturated rings. The van der Waals surface area contributed by atoms with Crippen LogP contribution in [0.5, 0.6) is 11.5 Å². The van der Waals surface area contributed by atoms with E-state index in [1.165, 1.54) is 25.7 Å². The molecule has 168 valence electrons. The first-order valence-corrected chi connectivity index (χ1v) is 11.5. The number of aliphatic hydroxyl groups is 1. The molecule has 2 heterocycles. The summed E-state index contributed by atoms with van der Waals surface area (Å²) in [5.74, 6) is 1.29. The molecule has 3 rings (SSSR count). The van der Waals surface area contributed by atoms with E-state index < -0.39 is 6.23 Å². The molecule has 0 bridgehead atoms. The monoisotopic (exact) mass is 419 g/mol. The van der Waals surface area contributed by atoms with Crippen molar-refractivity contribution in [2.24, 2.45) is 0 Å². The lowest BCUT2D eigenvalue weighted by Gasteiger charge is -2.32. The van der Waals surface area contributed by atoms with Gasteiger partial charge in [-0.2, -0.15) is 5.01 Å². The number of likely N-dealkylation sites (tertiary alicyclic amines) is 1. The molecule has 2 N–H and O–H groups in total. The fourth-order valence-corrected chi connectivity index (χ4v) is 4.00. The molecule has 7 heteroatoms. The smallest absolute Gasteiger partial charge is 0.234 e. The number of hydrogen-bond donors (Lipinski definition) is 2. The second-order valence-corrected chi connectivity index (χ2v) is 8.27. The van der Waals surface area contributed by atoms with Crippen LogP contribution in [0.3, 0.4) is 0 Å². The summed E-state index contributed by atoms with van der Waals surface area (Å²) < 4.78 is 11.2. The number of ether oxygens (including phenoxy) is 2. The molecule has 0 aliphatic carbocycles. The second-order valence-electron chi connectivity index (χ2n) is 8.27. The van der Waals surface area contributed by atoms with Gasteiger partial charge in [0.05, 0.1) is 6.67 Å². The van der Waals surface area contributed by atoms with Crippen LogP contribution in [0, 0.1) is 0 Å². The van der Waals surface area contributed by atoms with E-state index in [0.717, 1.165) is 38.8 Å². The molecule has 1 amide bonds. The molecule has 1 atom stereocenters. The fraction of sp³-hybridized carbons (Fsp3) is 0.696. The van der Waals surface area contributed by atoms with Crippen LogP contribution in [0.4, 0.5) is 0 Å². The van der Waals surface area contributed by atoms with E-state index >= 15 is 0 Å². The van der Waals surface area contributed by atoms with Gasteiger partial charge in [-0.3, -0.25) is 15.1 Å². The molecule has 1 aromatic rings. The van der Waals surface area contributed by atoms with Gasteiger partial charge in [0, 0.05) is 12.0 Å². The Kier molecular flexibility index (Phi) is 9.24. The van der Waals surface area contributed by atoms with Crippen LogP contribution in [-0.2, 0) is 4.79 Å². The lowest BCUT2D eigenvalue weighted by Crippen LogP contribution is -2.49. The number of unbranched alkanes of at least 4 members (excludes halogenated alkanes) is 5. The van der Waals surface area contributed by atoms with E-state index in [1.807, 2.05) is 12.1 Å². The van der Waals surface area contributed by atoms with Crippen molar-refractivity contribution in [1.82, 2.24) is 15.3 Å². The topological polar surface area (TPSA) is 74.3 Å². The van der Waals surface area contributed by atoms with Gasteiger partial charge in [-0.25, -0.2) is 0 Å². The van der Waals surface area contributed by atoms with Crippen LogP contribution in [0.2, 0.25) is 0 Å². The molecule has 1 saturated heterocycles. The van der Waals surface area contributed by atoms with Crippen LogP contribution in [-0.4, -0.2) is 53.9 Å². The minimum atomic E-state index is -0.949. The molecule has 0 spiro atoms. The van der Waals surface area contributed by atoms with Crippen LogP contribution in [0.15, 0.2) is 18.2 Å². The number of nitrogens with zero attached hydrogens (tertiary/aromatic N) is 2. The maximum atomic E-state index is 12.6. The SMILES string of the molecule is CCCCCCCCC(=O)NN(CN1CCCC1)[C@H](O)c1ccc2c(c1)OCCO2. The Morgan fingerprint density at radius 1 is 1.10 bits per heavy atom. The molecule has 0 unspecified atom stereocenters. The number of carbonyl (C=O) groups is 1. The lowest BCUT2D eigenvalue weighted by molar-refractivity contribution is -0.136. The highest BCUT2D eigenvalue weighted by Crippen LogP contribution is 2.33. The van der Waals surface area contributed by atoms with Crippen molar-refractivity contribution in [1.29, 1.82) is 0 Å². The number of hydrogen-bond acceptors (Lipinski definition) is 6. The van der Waals surface area contributed by atoms with Crippen LogP contribution >= 0.6 is 0 Å². The number of benzene rings is 1. The number of rotatable bonds is 12. The van der Waals surface area contributed by atoms with Gasteiger partial charge >= 0.3 is 0 Å². The summed E-state index contributed by atoms with van der Waals surface area (Å²) in [5.41, 5.74) is 3.63. The van der Waals surface area contributed by atoms with Crippen molar-refractivity contribution in [2.45, 2.75) is 70.9 Å². The van der Waals surface area contributed by atoms with Gasteiger partial charge in [0.25, 0.3) is 0 Å². The molecule has 2 aliphatic heterocycles. The van der Waals surface area contributed by atoms with Crippen LogP contribution < -0.4 is 14.9 Å². The van der Waals surface area contributed by atoms with E-state index in [9.17, 15) is 9.90 Å². The fourth-order valence-electron chi connectivity index (χ4n) is 4.00. The van der Waals surface area contributed by atoms with Crippen molar-refractivity contribution < 1.29 is 19.4 Å². The molecular formula is C23H37N3O4. The van der Waals surface area contributed by atoms with E-state index in [4.69, 9.17) is 9.47 Å². The zero-order chi connectivity index (χ0) is 21.2. The number of aliphatic hydroxyl groups excluding tert-OH is 1. The van der Waals surface area contributed by atoms with Crippen molar-refractivity contribution in [3.63, 3.8) is 0 Å². The summed E-state index contributed by atoms with van der Waals surface area (Å²) >= 11 is 0. The normalized spacial score (nSPS) is 17.3. The number of amides is 1. The highest BCUT2D eigenvalue weighted by molar-refractivity contribution is 5.75. The first-order valence-electron chi connectivity index (χ1n) is 11.5. The summed E-state index contributed by atoms with van der Waals surface area (Å²) in [6.45, 7) is 5.70.